The molecule has 0 N–H and O–H groups in total. The molecule has 2 rings (SSSR count). The van der Waals surface area contributed by atoms with Crippen molar-refractivity contribution in [3.8, 4) is 5.75 Å². The van der Waals surface area contributed by atoms with Gasteiger partial charge in [0.05, 0.1) is 6.61 Å². The molecule has 2 aromatic carbocycles. The Morgan fingerprint density at radius 2 is 1.47 bits per heavy atom. The van der Waals surface area contributed by atoms with Crippen molar-refractivity contribution in [3.05, 3.63) is 65.7 Å². The van der Waals surface area contributed by atoms with E-state index in [0.717, 1.165) is 25.2 Å². The zero-order valence-corrected chi connectivity index (χ0v) is 10.2. The van der Waals surface area contributed by atoms with E-state index in [9.17, 15) is 0 Å². The van der Waals surface area contributed by atoms with Crippen molar-refractivity contribution in [2.45, 2.75) is 19.8 Å². The lowest BCUT2D eigenvalue weighted by Gasteiger charge is -2.06. The summed E-state index contributed by atoms with van der Waals surface area (Å²) in [5.41, 5.74) is 2.66. The molecule has 0 aromatic heterocycles. The Hall–Kier alpha value is -1.76. The molecule has 0 heterocycles. The molecule has 0 saturated heterocycles. The Morgan fingerprint density at radius 3 is 2.12 bits per heavy atom. The van der Waals surface area contributed by atoms with Crippen LogP contribution in [0.2, 0.25) is 0 Å². The molecular formula is C16H18O. The van der Waals surface area contributed by atoms with Crippen molar-refractivity contribution in [1.82, 2.24) is 0 Å². The Labute approximate surface area is 103 Å². The van der Waals surface area contributed by atoms with Crippen LogP contribution in [0.1, 0.15) is 24.5 Å². The van der Waals surface area contributed by atoms with Gasteiger partial charge in [0.15, 0.2) is 0 Å². The number of benzene rings is 2. The third-order valence-corrected chi connectivity index (χ3v) is 2.65. The highest BCUT2D eigenvalue weighted by Gasteiger charge is 1.97. The van der Waals surface area contributed by atoms with Crippen LogP contribution in [-0.4, -0.2) is 6.61 Å². The van der Waals surface area contributed by atoms with E-state index < -0.39 is 0 Å². The van der Waals surface area contributed by atoms with Gasteiger partial charge in [-0.3, -0.25) is 0 Å². The first-order chi connectivity index (χ1) is 8.38. The average molecular weight is 226 g/mol. The minimum Gasteiger partial charge on any atom is -0.494 e. The third-order valence-electron chi connectivity index (χ3n) is 2.65. The van der Waals surface area contributed by atoms with E-state index in [0.29, 0.717) is 0 Å². The van der Waals surface area contributed by atoms with Crippen molar-refractivity contribution in [2.24, 2.45) is 0 Å². The summed E-state index contributed by atoms with van der Waals surface area (Å²) in [5, 5.41) is 0. The SMILES string of the molecule is CCCOc1ccc(Cc2ccccc2)cc1. The zero-order chi connectivity index (χ0) is 11.9. The lowest BCUT2D eigenvalue weighted by Crippen LogP contribution is -1.95. The first kappa shape index (κ1) is 11.7. The summed E-state index contributed by atoms with van der Waals surface area (Å²) in [6.07, 6.45) is 2.03. The molecule has 0 aliphatic carbocycles. The Kier molecular flexibility index (Phi) is 4.20. The smallest absolute Gasteiger partial charge is 0.119 e. The highest BCUT2D eigenvalue weighted by atomic mass is 16.5. The molecule has 0 saturated carbocycles. The highest BCUT2D eigenvalue weighted by molar-refractivity contribution is 5.31. The molecule has 0 fully saturated rings. The van der Waals surface area contributed by atoms with Crippen LogP contribution in [0, 0.1) is 0 Å². The number of ether oxygens (including phenoxy) is 1. The summed E-state index contributed by atoms with van der Waals surface area (Å²) in [4.78, 5) is 0. The predicted octanol–water partition coefficient (Wildman–Crippen LogP) is 4.07. The minimum absolute atomic E-state index is 0.790. The highest BCUT2D eigenvalue weighted by Crippen LogP contribution is 2.15. The largest absolute Gasteiger partial charge is 0.494 e. The average Bonchev–Trinajstić information content (AvgIpc) is 2.39. The van der Waals surface area contributed by atoms with Crippen molar-refractivity contribution >= 4 is 0 Å². The van der Waals surface area contributed by atoms with E-state index in [1.54, 1.807) is 0 Å². The molecule has 0 aliphatic heterocycles. The van der Waals surface area contributed by atoms with E-state index >= 15 is 0 Å². The van der Waals surface area contributed by atoms with Crippen molar-refractivity contribution in [3.63, 3.8) is 0 Å². The molecule has 0 spiro atoms. The third kappa shape index (κ3) is 3.63. The molecule has 1 heteroatoms. The molecule has 2 aromatic rings. The molecule has 0 unspecified atom stereocenters. The molecule has 1 nitrogen and oxygen atoms in total. The fourth-order valence-electron chi connectivity index (χ4n) is 1.76. The van der Waals surface area contributed by atoms with Gasteiger partial charge in [0.25, 0.3) is 0 Å². The lowest BCUT2D eigenvalue weighted by atomic mass is 10.1. The minimum atomic E-state index is 0.790. The lowest BCUT2D eigenvalue weighted by molar-refractivity contribution is 0.317. The van der Waals surface area contributed by atoms with Gasteiger partial charge in [0.2, 0.25) is 0 Å². The fraction of sp³-hybridized carbons (Fsp3) is 0.250. The monoisotopic (exact) mass is 226 g/mol. The van der Waals surface area contributed by atoms with Crippen LogP contribution in [0.3, 0.4) is 0 Å². The van der Waals surface area contributed by atoms with Crippen LogP contribution in [-0.2, 0) is 6.42 Å². The number of hydrogen-bond donors (Lipinski definition) is 0. The maximum Gasteiger partial charge on any atom is 0.119 e. The maximum absolute atomic E-state index is 5.56. The van der Waals surface area contributed by atoms with Gasteiger partial charge in [-0.05, 0) is 36.1 Å². The summed E-state index contributed by atoms with van der Waals surface area (Å²) in [7, 11) is 0. The standard InChI is InChI=1S/C16H18O/c1-2-12-17-16-10-8-15(9-11-16)13-14-6-4-3-5-7-14/h3-11H,2,12-13H2,1H3. The summed E-state index contributed by atoms with van der Waals surface area (Å²) in [6, 6.07) is 18.9. The number of hydrogen-bond acceptors (Lipinski definition) is 1. The van der Waals surface area contributed by atoms with Crippen LogP contribution in [0.4, 0.5) is 0 Å². The van der Waals surface area contributed by atoms with Crippen molar-refractivity contribution < 1.29 is 4.74 Å². The van der Waals surface area contributed by atoms with Crippen molar-refractivity contribution in [1.29, 1.82) is 0 Å². The molecular weight excluding hydrogens is 208 g/mol. The van der Waals surface area contributed by atoms with Crippen molar-refractivity contribution in [2.75, 3.05) is 6.61 Å². The molecule has 0 amide bonds. The maximum atomic E-state index is 5.56. The predicted molar refractivity (Wildman–Crippen MR) is 71.5 cm³/mol. The summed E-state index contributed by atoms with van der Waals surface area (Å²) in [5.74, 6) is 0.962. The van der Waals surface area contributed by atoms with E-state index in [1.165, 1.54) is 11.1 Å². The quantitative estimate of drug-likeness (QED) is 0.747. The van der Waals surface area contributed by atoms with Gasteiger partial charge in [0.1, 0.15) is 5.75 Å². The van der Waals surface area contributed by atoms with Crippen LogP contribution < -0.4 is 4.74 Å². The molecule has 0 aliphatic rings. The van der Waals surface area contributed by atoms with E-state index in [1.807, 2.05) is 18.2 Å². The van der Waals surface area contributed by atoms with E-state index in [2.05, 4.69) is 43.3 Å². The molecule has 0 bridgehead atoms. The normalized spacial score (nSPS) is 10.2. The Bertz CT molecular complexity index is 431. The van der Waals surface area contributed by atoms with Gasteiger partial charge in [-0.1, -0.05) is 49.4 Å². The van der Waals surface area contributed by atoms with E-state index in [-0.39, 0.29) is 0 Å². The summed E-state index contributed by atoms with van der Waals surface area (Å²) >= 11 is 0. The van der Waals surface area contributed by atoms with Gasteiger partial charge < -0.3 is 4.74 Å². The first-order valence-electron chi connectivity index (χ1n) is 6.14. The second kappa shape index (κ2) is 6.09. The molecule has 17 heavy (non-hydrogen) atoms. The number of rotatable bonds is 5. The molecule has 0 radical (unpaired) electrons. The molecule has 0 atom stereocenters. The fourth-order valence-corrected chi connectivity index (χ4v) is 1.76. The topological polar surface area (TPSA) is 9.23 Å². The van der Waals surface area contributed by atoms with Gasteiger partial charge >= 0.3 is 0 Å². The zero-order valence-electron chi connectivity index (χ0n) is 10.2. The second-order valence-electron chi connectivity index (χ2n) is 4.15. The van der Waals surface area contributed by atoms with E-state index in [4.69, 9.17) is 4.74 Å². The van der Waals surface area contributed by atoms with Crippen LogP contribution >= 0.6 is 0 Å². The van der Waals surface area contributed by atoms with Gasteiger partial charge in [0, 0.05) is 0 Å². The van der Waals surface area contributed by atoms with Gasteiger partial charge in [-0.25, -0.2) is 0 Å². The van der Waals surface area contributed by atoms with Crippen LogP contribution in [0.5, 0.6) is 5.75 Å². The summed E-state index contributed by atoms with van der Waals surface area (Å²) < 4.78 is 5.56. The second-order valence-corrected chi connectivity index (χ2v) is 4.15. The summed E-state index contributed by atoms with van der Waals surface area (Å²) in [6.45, 7) is 2.90. The van der Waals surface area contributed by atoms with Crippen LogP contribution in [0.25, 0.3) is 0 Å². The van der Waals surface area contributed by atoms with Gasteiger partial charge in [-0.15, -0.1) is 0 Å². The Morgan fingerprint density at radius 1 is 0.824 bits per heavy atom. The first-order valence-corrected chi connectivity index (χ1v) is 6.14. The van der Waals surface area contributed by atoms with Crippen LogP contribution in [0.15, 0.2) is 54.6 Å². The Balaban J connectivity index is 1.98. The molecule has 88 valence electrons. The van der Waals surface area contributed by atoms with Gasteiger partial charge in [-0.2, -0.15) is 0 Å².